The van der Waals surface area contributed by atoms with Crippen LogP contribution >= 0.6 is 0 Å². The Kier molecular flexibility index (Phi) is 1.90. The fourth-order valence-electron chi connectivity index (χ4n) is 2.24. The van der Waals surface area contributed by atoms with Gasteiger partial charge in [-0.15, -0.1) is 0 Å². The van der Waals surface area contributed by atoms with E-state index in [0.29, 0.717) is 0 Å². The van der Waals surface area contributed by atoms with Crippen molar-refractivity contribution in [2.24, 2.45) is 0 Å². The molecule has 1 spiro atoms. The average molecular weight is 172 g/mol. The number of hydrogen-bond acceptors (Lipinski definition) is 3. The van der Waals surface area contributed by atoms with Gasteiger partial charge in [0.05, 0.1) is 11.7 Å². The molecule has 1 aliphatic carbocycles. The minimum atomic E-state index is 0.00877. The summed E-state index contributed by atoms with van der Waals surface area (Å²) >= 11 is 0. The van der Waals surface area contributed by atoms with Crippen molar-refractivity contribution in [3.8, 4) is 0 Å². The molecule has 0 N–H and O–H groups in total. The summed E-state index contributed by atoms with van der Waals surface area (Å²) in [5.41, 5.74) is 0.00877. The van der Waals surface area contributed by atoms with E-state index in [2.05, 4.69) is 0 Å². The highest BCUT2D eigenvalue weighted by Crippen LogP contribution is 2.51. The van der Waals surface area contributed by atoms with Crippen molar-refractivity contribution in [2.45, 2.75) is 43.7 Å². The summed E-state index contributed by atoms with van der Waals surface area (Å²) in [7, 11) is 3.45. The van der Waals surface area contributed by atoms with Crippen LogP contribution in [0.2, 0.25) is 0 Å². The average Bonchev–Trinajstić information content (AvgIpc) is 2.73. The van der Waals surface area contributed by atoms with E-state index in [0.717, 1.165) is 12.8 Å². The lowest BCUT2D eigenvalue weighted by atomic mass is 10.1. The van der Waals surface area contributed by atoms with E-state index in [4.69, 9.17) is 14.2 Å². The molecule has 3 nitrogen and oxygen atoms in total. The first kappa shape index (κ1) is 8.48. The number of rotatable bonds is 2. The third kappa shape index (κ3) is 1.00. The van der Waals surface area contributed by atoms with Crippen LogP contribution in [0.15, 0.2) is 0 Å². The molecule has 2 aliphatic rings. The molecule has 0 aromatic carbocycles. The maximum absolute atomic E-state index is 5.82. The molecule has 3 atom stereocenters. The van der Waals surface area contributed by atoms with Gasteiger partial charge >= 0.3 is 0 Å². The highest BCUT2D eigenvalue weighted by molar-refractivity contribution is 5.11. The summed E-state index contributed by atoms with van der Waals surface area (Å²) in [6.07, 6.45) is 2.66. The summed E-state index contributed by atoms with van der Waals surface area (Å²) in [6, 6.07) is 0. The molecule has 70 valence electrons. The van der Waals surface area contributed by atoms with Gasteiger partial charge < -0.3 is 14.2 Å². The van der Waals surface area contributed by atoms with E-state index in [-0.39, 0.29) is 23.9 Å². The van der Waals surface area contributed by atoms with Crippen LogP contribution in [-0.2, 0) is 14.2 Å². The molecule has 1 saturated heterocycles. The van der Waals surface area contributed by atoms with Gasteiger partial charge in [0.2, 0.25) is 0 Å². The largest absolute Gasteiger partial charge is 0.376 e. The van der Waals surface area contributed by atoms with Gasteiger partial charge in [-0.25, -0.2) is 0 Å². The normalized spacial score (nSPS) is 43.8. The molecule has 12 heavy (non-hydrogen) atoms. The Morgan fingerprint density at radius 2 is 1.92 bits per heavy atom. The molecular weight excluding hydrogens is 156 g/mol. The fourth-order valence-corrected chi connectivity index (χ4v) is 2.24. The Morgan fingerprint density at radius 3 is 2.33 bits per heavy atom. The fraction of sp³-hybridized carbons (Fsp3) is 1.00. The first-order valence-corrected chi connectivity index (χ1v) is 4.47. The number of methoxy groups -OCH3 is 2. The SMILES string of the molecule is CO[C@H]1[C@H](C)OC2(CC2)[C@H]1OC. The van der Waals surface area contributed by atoms with E-state index in [1.165, 1.54) is 0 Å². The second kappa shape index (κ2) is 2.69. The standard InChI is InChI=1S/C9H16O3/c1-6-7(10-2)8(11-3)9(12-6)4-5-9/h6-8H,4-5H2,1-3H3/t6-,7-,8-/m0/s1. The zero-order valence-electron chi connectivity index (χ0n) is 7.87. The maximum Gasteiger partial charge on any atom is 0.115 e. The molecule has 0 aromatic rings. The van der Waals surface area contributed by atoms with Crippen molar-refractivity contribution in [1.82, 2.24) is 0 Å². The molecule has 2 fully saturated rings. The predicted octanol–water partition coefficient (Wildman–Crippen LogP) is 0.968. The number of ether oxygens (including phenoxy) is 3. The smallest absolute Gasteiger partial charge is 0.115 e. The Hall–Kier alpha value is -0.120. The molecule has 0 bridgehead atoms. The van der Waals surface area contributed by atoms with Crippen LogP contribution in [-0.4, -0.2) is 38.1 Å². The van der Waals surface area contributed by atoms with Gasteiger partial charge in [-0.3, -0.25) is 0 Å². The molecule has 1 aliphatic heterocycles. The van der Waals surface area contributed by atoms with Gasteiger partial charge in [-0.05, 0) is 19.8 Å². The van der Waals surface area contributed by atoms with Crippen LogP contribution in [0.5, 0.6) is 0 Å². The third-order valence-corrected chi connectivity index (χ3v) is 2.97. The summed E-state index contributed by atoms with van der Waals surface area (Å²) in [5, 5.41) is 0. The first-order chi connectivity index (χ1) is 5.73. The van der Waals surface area contributed by atoms with E-state index in [1.54, 1.807) is 14.2 Å². The Labute approximate surface area is 73.0 Å². The van der Waals surface area contributed by atoms with Crippen molar-refractivity contribution in [3.63, 3.8) is 0 Å². The zero-order chi connectivity index (χ0) is 8.77. The Bertz CT molecular complexity index is 177. The third-order valence-electron chi connectivity index (χ3n) is 2.97. The lowest BCUT2D eigenvalue weighted by Crippen LogP contribution is -2.36. The molecule has 0 unspecified atom stereocenters. The van der Waals surface area contributed by atoms with E-state index < -0.39 is 0 Å². The van der Waals surface area contributed by atoms with Crippen LogP contribution in [0.4, 0.5) is 0 Å². The van der Waals surface area contributed by atoms with Crippen molar-refractivity contribution in [1.29, 1.82) is 0 Å². The summed E-state index contributed by atoms with van der Waals surface area (Å²) in [5.74, 6) is 0. The highest BCUT2D eigenvalue weighted by Gasteiger charge is 2.61. The van der Waals surface area contributed by atoms with Gasteiger partial charge in [0, 0.05) is 14.2 Å². The molecule has 1 heterocycles. The van der Waals surface area contributed by atoms with Crippen molar-refractivity contribution in [3.05, 3.63) is 0 Å². The van der Waals surface area contributed by atoms with Gasteiger partial charge in [0.1, 0.15) is 12.2 Å². The van der Waals surface area contributed by atoms with Gasteiger partial charge in [-0.1, -0.05) is 0 Å². The van der Waals surface area contributed by atoms with Gasteiger partial charge in [0.25, 0.3) is 0 Å². The molecule has 0 aromatic heterocycles. The molecule has 0 radical (unpaired) electrons. The van der Waals surface area contributed by atoms with Gasteiger partial charge in [-0.2, -0.15) is 0 Å². The summed E-state index contributed by atoms with van der Waals surface area (Å²) < 4.78 is 16.6. The highest BCUT2D eigenvalue weighted by atomic mass is 16.6. The van der Waals surface area contributed by atoms with E-state index in [1.807, 2.05) is 6.92 Å². The summed E-state index contributed by atoms with van der Waals surface area (Å²) in [6.45, 7) is 2.05. The Morgan fingerprint density at radius 1 is 1.25 bits per heavy atom. The van der Waals surface area contributed by atoms with Crippen LogP contribution in [0.25, 0.3) is 0 Å². The van der Waals surface area contributed by atoms with Crippen LogP contribution in [0.3, 0.4) is 0 Å². The van der Waals surface area contributed by atoms with Crippen molar-refractivity contribution < 1.29 is 14.2 Å². The van der Waals surface area contributed by atoms with E-state index in [9.17, 15) is 0 Å². The zero-order valence-corrected chi connectivity index (χ0v) is 7.87. The molecule has 1 saturated carbocycles. The summed E-state index contributed by atoms with van der Waals surface area (Å²) in [4.78, 5) is 0. The lowest BCUT2D eigenvalue weighted by Gasteiger charge is -2.20. The monoisotopic (exact) mass is 172 g/mol. The number of hydrogen-bond donors (Lipinski definition) is 0. The minimum absolute atomic E-state index is 0.00877. The van der Waals surface area contributed by atoms with Crippen molar-refractivity contribution >= 4 is 0 Å². The minimum Gasteiger partial charge on any atom is -0.376 e. The molecule has 0 amide bonds. The first-order valence-electron chi connectivity index (χ1n) is 4.47. The van der Waals surface area contributed by atoms with Crippen molar-refractivity contribution in [2.75, 3.05) is 14.2 Å². The van der Waals surface area contributed by atoms with Crippen LogP contribution in [0.1, 0.15) is 19.8 Å². The lowest BCUT2D eigenvalue weighted by molar-refractivity contribution is -0.0343. The second-order valence-electron chi connectivity index (χ2n) is 3.74. The second-order valence-corrected chi connectivity index (χ2v) is 3.74. The molecule has 3 heteroatoms. The molecule has 2 rings (SSSR count). The maximum atomic E-state index is 5.82. The topological polar surface area (TPSA) is 27.7 Å². The molecular formula is C9H16O3. The quantitative estimate of drug-likeness (QED) is 0.621. The van der Waals surface area contributed by atoms with Gasteiger partial charge in [0.15, 0.2) is 0 Å². The van der Waals surface area contributed by atoms with Crippen LogP contribution in [0, 0.1) is 0 Å². The van der Waals surface area contributed by atoms with E-state index >= 15 is 0 Å². The predicted molar refractivity (Wildman–Crippen MR) is 44.1 cm³/mol. The van der Waals surface area contributed by atoms with Crippen LogP contribution < -0.4 is 0 Å². The Balaban J connectivity index is 2.13.